The van der Waals surface area contributed by atoms with Crippen LogP contribution < -0.4 is 15.4 Å². The largest absolute Gasteiger partial charge is 0.497 e. The molecule has 0 fully saturated rings. The molecule has 27 heavy (non-hydrogen) atoms. The fourth-order valence-electron chi connectivity index (χ4n) is 2.98. The van der Waals surface area contributed by atoms with E-state index in [4.69, 9.17) is 9.72 Å². The predicted molar refractivity (Wildman–Crippen MR) is 112 cm³/mol. The van der Waals surface area contributed by atoms with Gasteiger partial charge in [0, 0.05) is 12.7 Å². The lowest BCUT2D eigenvalue weighted by Crippen LogP contribution is -2.34. The first kappa shape index (κ1) is 19.1. The monoisotopic (exact) mass is 384 g/mol. The van der Waals surface area contributed by atoms with Crippen molar-refractivity contribution >= 4 is 34.5 Å². The molecule has 142 valence electrons. The molecule has 0 radical (unpaired) electrons. The van der Waals surface area contributed by atoms with Gasteiger partial charge in [-0.15, -0.1) is 0 Å². The predicted octanol–water partition coefficient (Wildman–Crippen LogP) is 4.20. The SMILES string of the molecule is COc1ccc(NC(=O)N[C@H](CCSC)c2nc3ccccc3n2C)cc1. The number of benzene rings is 2. The van der Waals surface area contributed by atoms with Crippen LogP contribution >= 0.6 is 11.8 Å². The van der Waals surface area contributed by atoms with E-state index in [9.17, 15) is 4.79 Å². The Morgan fingerprint density at radius 1 is 1.22 bits per heavy atom. The van der Waals surface area contributed by atoms with Crippen LogP contribution in [0.1, 0.15) is 18.3 Å². The molecule has 0 aliphatic heterocycles. The van der Waals surface area contributed by atoms with E-state index in [1.807, 2.05) is 60.1 Å². The Morgan fingerprint density at radius 3 is 2.63 bits per heavy atom. The quantitative estimate of drug-likeness (QED) is 0.641. The minimum absolute atomic E-state index is 0.173. The number of methoxy groups -OCH3 is 1. The lowest BCUT2D eigenvalue weighted by atomic mass is 10.2. The van der Waals surface area contributed by atoms with Gasteiger partial charge in [0.25, 0.3) is 0 Å². The molecule has 0 saturated carbocycles. The number of aromatic nitrogens is 2. The molecule has 0 aliphatic rings. The van der Waals surface area contributed by atoms with Crippen LogP contribution in [0.5, 0.6) is 5.75 Å². The Labute approximate surface area is 163 Å². The summed E-state index contributed by atoms with van der Waals surface area (Å²) < 4.78 is 7.19. The summed E-state index contributed by atoms with van der Waals surface area (Å²) >= 11 is 1.75. The highest BCUT2D eigenvalue weighted by atomic mass is 32.2. The molecular formula is C20H24N4O2S. The number of hydrogen-bond acceptors (Lipinski definition) is 4. The number of urea groups is 1. The van der Waals surface area contributed by atoms with Crippen LogP contribution in [-0.2, 0) is 7.05 Å². The standard InChI is InChI=1S/C20H24N4O2S/c1-24-18-7-5-4-6-16(18)22-19(24)17(12-13-27-3)23-20(25)21-14-8-10-15(26-2)11-9-14/h4-11,17H,12-13H2,1-3H3,(H2,21,23,25)/t17-/m1/s1. The fraction of sp³-hybridized carbons (Fsp3) is 0.300. The van der Waals surface area contributed by atoms with E-state index in [-0.39, 0.29) is 12.1 Å². The molecule has 2 amide bonds. The average Bonchev–Trinajstić information content (AvgIpc) is 3.02. The second kappa shape index (κ2) is 8.81. The Hall–Kier alpha value is -2.67. The van der Waals surface area contributed by atoms with Gasteiger partial charge in [-0.05, 0) is 54.8 Å². The normalized spacial score (nSPS) is 12.0. The van der Waals surface area contributed by atoms with E-state index in [2.05, 4.69) is 16.9 Å². The highest BCUT2D eigenvalue weighted by molar-refractivity contribution is 7.98. The summed E-state index contributed by atoms with van der Waals surface area (Å²) in [5.74, 6) is 2.53. The molecule has 1 aromatic heterocycles. The number of carbonyl (C=O) groups is 1. The van der Waals surface area contributed by atoms with E-state index in [0.717, 1.165) is 34.8 Å². The third kappa shape index (κ3) is 4.54. The molecule has 3 rings (SSSR count). The van der Waals surface area contributed by atoms with Crippen molar-refractivity contribution in [1.29, 1.82) is 0 Å². The third-order valence-corrected chi connectivity index (χ3v) is 5.04. The second-order valence-electron chi connectivity index (χ2n) is 6.18. The number of nitrogens with one attached hydrogen (secondary N) is 2. The first-order chi connectivity index (χ1) is 13.1. The summed E-state index contributed by atoms with van der Waals surface area (Å²) in [5.41, 5.74) is 2.70. The maximum absolute atomic E-state index is 12.5. The fourth-order valence-corrected chi connectivity index (χ4v) is 3.45. The van der Waals surface area contributed by atoms with Gasteiger partial charge in [-0.2, -0.15) is 11.8 Å². The van der Waals surface area contributed by atoms with Crippen LogP contribution in [0.2, 0.25) is 0 Å². The molecule has 6 nitrogen and oxygen atoms in total. The highest BCUT2D eigenvalue weighted by Gasteiger charge is 2.20. The number of fused-ring (bicyclic) bond motifs is 1. The maximum Gasteiger partial charge on any atom is 0.319 e. The molecular weight excluding hydrogens is 360 g/mol. The van der Waals surface area contributed by atoms with Crippen LogP contribution in [0.15, 0.2) is 48.5 Å². The zero-order valence-electron chi connectivity index (χ0n) is 15.7. The Bertz CT molecular complexity index is 908. The Balaban J connectivity index is 1.77. The van der Waals surface area contributed by atoms with Gasteiger partial charge in [-0.1, -0.05) is 12.1 Å². The van der Waals surface area contributed by atoms with Crippen molar-refractivity contribution in [3.05, 3.63) is 54.4 Å². The smallest absolute Gasteiger partial charge is 0.319 e. The summed E-state index contributed by atoms with van der Waals surface area (Å²) in [5, 5.41) is 5.94. The molecule has 0 unspecified atom stereocenters. The number of rotatable bonds is 7. The summed E-state index contributed by atoms with van der Waals surface area (Å²) in [7, 11) is 3.60. The van der Waals surface area contributed by atoms with Gasteiger partial charge < -0.3 is 19.9 Å². The van der Waals surface area contributed by atoms with Crippen LogP contribution in [0.25, 0.3) is 11.0 Å². The average molecular weight is 385 g/mol. The highest BCUT2D eigenvalue weighted by Crippen LogP contribution is 2.23. The third-order valence-electron chi connectivity index (χ3n) is 4.40. The number of anilines is 1. The van der Waals surface area contributed by atoms with E-state index in [1.165, 1.54) is 0 Å². The molecule has 0 saturated heterocycles. The molecule has 3 aromatic rings. The molecule has 0 aliphatic carbocycles. The van der Waals surface area contributed by atoms with Crippen molar-refractivity contribution in [2.75, 3.05) is 24.4 Å². The van der Waals surface area contributed by atoms with Crippen molar-refractivity contribution in [3.63, 3.8) is 0 Å². The molecule has 1 heterocycles. The number of amides is 2. The number of thioether (sulfide) groups is 1. The zero-order chi connectivity index (χ0) is 19.2. The molecule has 2 N–H and O–H groups in total. The summed E-state index contributed by atoms with van der Waals surface area (Å²) in [6, 6.07) is 14.8. The van der Waals surface area contributed by atoms with E-state index in [0.29, 0.717) is 5.69 Å². The number of nitrogens with zero attached hydrogens (tertiary/aromatic N) is 2. The molecule has 1 atom stereocenters. The van der Waals surface area contributed by atoms with Gasteiger partial charge in [0.1, 0.15) is 11.6 Å². The topological polar surface area (TPSA) is 68.2 Å². The summed E-state index contributed by atoms with van der Waals surface area (Å²) in [4.78, 5) is 17.3. The molecule has 2 aromatic carbocycles. The van der Waals surface area contributed by atoms with Crippen LogP contribution in [-0.4, -0.2) is 34.7 Å². The molecule has 7 heteroatoms. The number of hydrogen-bond donors (Lipinski definition) is 2. The van der Waals surface area contributed by atoms with Gasteiger partial charge in [0.15, 0.2) is 0 Å². The van der Waals surface area contributed by atoms with E-state index < -0.39 is 0 Å². The Morgan fingerprint density at radius 2 is 1.96 bits per heavy atom. The van der Waals surface area contributed by atoms with E-state index in [1.54, 1.807) is 18.9 Å². The first-order valence-electron chi connectivity index (χ1n) is 8.74. The molecule has 0 spiro atoms. The minimum Gasteiger partial charge on any atom is -0.497 e. The lowest BCUT2D eigenvalue weighted by Gasteiger charge is -2.19. The van der Waals surface area contributed by atoms with Crippen molar-refractivity contribution < 1.29 is 9.53 Å². The van der Waals surface area contributed by atoms with Gasteiger partial charge in [0.05, 0.1) is 24.2 Å². The number of para-hydroxylation sites is 2. The van der Waals surface area contributed by atoms with Crippen molar-refractivity contribution in [1.82, 2.24) is 14.9 Å². The lowest BCUT2D eigenvalue weighted by molar-refractivity contribution is 0.247. The van der Waals surface area contributed by atoms with Crippen LogP contribution in [0.3, 0.4) is 0 Å². The van der Waals surface area contributed by atoms with Gasteiger partial charge in [-0.25, -0.2) is 9.78 Å². The van der Waals surface area contributed by atoms with E-state index >= 15 is 0 Å². The van der Waals surface area contributed by atoms with Gasteiger partial charge in [-0.3, -0.25) is 0 Å². The van der Waals surface area contributed by atoms with Gasteiger partial charge in [0.2, 0.25) is 0 Å². The van der Waals surface area contributed by atoms with Crippen molar-refractivity contribution in [2.45, 2.75) is 12.5 Å². The summed E-state index contributed by atoms with van der Waals surface area (Å²) in [6.07, 6.45) is 2.86. The molecule has 0 bridgehead atoms. The second-order valence-corrected chi connectivity index (χ2v) is 7.16. The van der Waals surface area contributed by atoms with Gasteiger partial charge >= 0.3 is 6.03 Å². The number of aryl methyl sites for hydroxylation is 1. The first-order valence-corrected chi connectivity index (χ1v) is 10.1. The summed E-state index contributed by atoms with van der Waals surface area (Å²) in [6.45, 7) is 0. The number of imidazole rings is 1. The maximum atomic E-state index is 12.5. The number of carbonyl (C=O) groups excluding carboxylic acids is 1. The van der Waals surface area contributed by atoms with Crippen molar-refractivity contribution in [2.24, 2.45) is 7.05 Å². The number of ether oxygens (including phenoxy) is 1. The van der Waals surface area contributed by atoms with Crippen LogP contribution in [0.4, 0.5) is 10.5 Å². The minimum atomic E-state index is -0.252. The van der Waals surface area contributed by atoms with Crippen molar-refractivity contribution in [3.8, 4) is 5.75 Å². The zero-order valence-corrected chi connectivity index (χ0v) is 16.5. The Kier molecular flexibility index (Phi) is 6.24. The van der Waals surface area contributed by atoms with Crippen LogP contribution in [0, 0.1) is 0 Å².